The smallest absolute Gasteiger partial charge is 0.233 e. The SMILES string of the molecule is COc1cc([C@H](O)C[N+](=O)[O-])cc(OCc2ccccc2)c1OC. The van der Waals surface area contributed by atoms with Crippen LogP contribution in [0, 0.1) is 10.1 Å². The summed E-state index contributed by atoms with van der Waals surface area (Å²) in [5.41, 5.74) is 1.28. The third-order valence-electron chi connectivity index (χ3n) is 3.41. The average molecular weight is 333 g/mol. The summed E-state index contributed by atoms with van der Waals surface area (Å²) in [6.07, 6.45) is -1.26. The summed E-state index contributed by atoms with van der Waals surface area (Å²) < 4.78 is 16.3. The molecule has 0 aliphatic heterocycles. The Morgan fingerprint density at radius 1 is 1.12 bits per heavy atom. The number of hydrogen-bond acceptors (Lipinski definition) is 6. The number of ether oxygens (including phenoxy) is 3. The standard InChI is InChI=1S/C17H19NO6/c1-22-15-8-13(14(19)10-18(20)21)9-16(17(15)23-2)24-11-12-6-4-3-5-7-12/h3-9,14,19H,10-11H2,1-2H3/t14-/m1/s1. The second-order valence-corrected chi connectivity index (χ2v) is 5.06. The van der Waals surface area contributed by atoms with Gasteiger partial charge >= 0.3 is 0 Å². The Morgan fingerprint density at radius 2 is 1.79 bits per heavy atom. The maximum Gasteiger partial charge on any atom is 0.233 e. The van der Waals surface area contributed by atoms with Crippen molar-refractivity contribution in [2.75, 3.05) is 20.8 Å². The van der Waals surface area contributed by atoms with Gasteiger partial charge in [-0.3, -0.25) is 10.1 Å². The fourth-order valence-corrected chi connectivity index (χ4v) is 2.23. The minimum absolute atomic E-state index is 0.287. The molecule has 0 unspecified atom stereocenters. The molecule has 2 rings (SSSR count). The van der Waals surface area contributed by atoms with Gasteiger partial charge in [0.1, 0.15) is 12.7 Å². The van der Waals surface area contributed by atoms with E-state index >= 15 is 0 Å². The molecule has 0 aliphatic carbocycles. The molecule has 0 saturated carbocycles. The van der Waals surface area contributed by atoms with E-state index in [-0.39, 0.29) is 6.61 Å². The van der Waals surface area contributed by atoms with E-state index in [0.717, 1.165) is 5.56 Å². The third kappa shape index (κ3) is 4.36. The molecule has 0 fully saturated rings. The number of nitrogens with zero attached hydrogens (tertiary/aromatic N) is 1. The molecule has 128 valence electrons. The van der Waals surface area contributed by atoms with Crippen molar-refractivity contribution in [3.05, 3.63) is 63.7 Å². The van der Waals surface area contributed by atoms with Crippen molar-refractivity contribution in [2.24, 2.45) is 0 Å². The summed E-state index contributed by atoms with van der Waals surface area (Å²) in [5, 5.41) is 20.6. The van der Waals surface area contributed by atoms with Crippen molar-refractivity contribution in [1.29, 1.82) is 0 Å². The summed E-state index contributed by atoms with van der Waals surface area (Å²) in [4.78, 5) is 10.0. The summed E-state index contributed by atoms with van der Waals surface area (Å²) in [7, 11) is 2.92. The lowest BCUT2D eigenvalue weighted by Gasteiger charge is -2.17. The predicted molar refractivity (Wildman–Crippen MR) is 87.1 cm³/mol. The largest absolute Gasteiger partial charge is 0.493 e. The highest BCUT2D eigenvalue weighted by Crippen LogP contribution is 2.40. The zero-order valence-electron chi connectivity index (χ0n) is 13.5. The van der Waals surface area contributed by atoms with E-state index in [1.165, 1.54) is 26.4 Å². The average Bonchev–Trinajstić information content (AvgIpc) is 2.59. The van der Waals surface area contributed by atoms with Gasteiger partial charge in [-0.2, -0.15) is 0 Å². The fourth-order valence-electron chi connectivity index (χ4n) is 2.23. The minimum atomic E-state index is -1.26. The molecule has 0 aromatic heterocycles. The first kappa shape index (κ1) is 17.6. The Kier molecular flexibility index (Phi) is 5.97. The van der Waals surface area contributed by atoms with Gasteiger partial charge in [0.05, 0.1) is 14.2 Å². The van der Waals surface area contributed by atoms with Gasteiger partial charge in [-0.1, -0.05) is 30.3 Å². The summed E-state index contributed by atoms with van der Waals surface area (Å²) in [6, 6.07) is 12.5. The normalized spacial score (nSPS) is 11.6. The van der Waals surface area contributed by atoms with Gasteiger partial charge in [-0.25, -0.2) is 0 Å². The van der Waals surface area contributed by atoms with Crippen LogP contribution in [0.15, 0.2) is 42.5 Å². The first-order valence-corrected chi connectivity index (χ1v) is 7.27. The highest BCUT2D eigenvalue weighted by Gasteiger charge is 2.21. The molecule has 2 aromatic rings. The van der Waals surface area contributed by atoms with Gasteiger partial charge in [0.25, 0.3) is 0 Å². The van der Waals surface area contributed by atoms with E-state index < -0.39 is 17.6 Å². The number of benzene rings is 2. The van der Waals surface area contributed by atoms with Crippen LogP contribution in [0.3, 0.4) is 0 Å². The molecule has 0 saturated heterocycles. The second kappa shape index (κ2) is 8.16. The quantitative estimate of drug-likeness (QED) is 0.590. The Hall–Kier alpha value is -2.80. The Bertz CT molecular complexity index is 689. The minimum Gasteiger partial charge on any atom is -0.493 e. The van der Waals surface area contributed by atoms with Crippen LogP contribution >= 0.6 is 0 Å². The molecule has 7 heteroatoms. The highest BCUT2D eigenvalue weighted by molar-refractivity contribution is 5.54. The number of aliphatic hydroxyl groups excluding tert-OH is 1. The van der Waals surface area contributed by atoms with Crippen LogP contribution in [0.2, 0.25) is 0 Å². The van der Waals surface area contributed by atoms with Crippen molar-refractivity contribution < 1.29 is 24.2 Å². The van der Waals surface area contributed by atoms with Crippen LogP contribution in [0.5, 0.6) is 17.2 Å². The van der Waals surface area contributed by atoms with Crippen LogP contribution in [-0.4, -0.2) is 30.8 Å². The topological polar surface area (TPSA) is 91.1 Å². The molecular formula is C17H19NO6. The lowest BCUT2D eigenvalue weighted by atomic mass is 10.1. The van der Waals surface area contributed by atoms with E-state index in [2.05, 4.69) is 0 Å². The van der Waals surface area contributed by atoms with Crippen LogP contribution in [0.4, 0.5) is 0 Å². The van der Waals surface area contributed by atoms with Crippen LogP contribution < -0.4 is 14.2 Å². The second-order valence-electron chi connectivity index (χ2n) is 5.06. The molecule has 2 aromatic carbocycles. The van der Waals surface area contributed by atoms with Gasteiger partial charge in [0.15, 0.2) is 11.5 Å². The molecule has 7 nitrogen and oxygen atoms in total. The van der Waals surface area contributed by atoms with Crippen LogP contribution in [0.1, 0.15) is 17.2 Å². The molecule has 0 radical (unpaired) electrons. The van der Waals surface area contributed by atoms with Crippen molar-refractivity contribution >= 4 is 0 Å². The Labute approximate surface area is 139 Å². The molecule has 24 heavy (non-hydrogen) atoms. The van der Waals surface area contributed by atoms with E-state index in [1.807, 2.05) is 30.3 Å². The zero-order valence-corrected chi connectivity index (χ0v) is 13.5. The first-order valence-electron chi connectivity index (χ1n) is 7.27. The van der Waals surface area contributed by atoms with E-state index in [1.54, 1.807) is 0 Å². The molecule has 0 amide bonds. The van der Waals surface area contributed by atoms with Crippen molar-refractivity contribution in [1.82, 2.24) is 0 Å². The monoisotopic (exact) mass is 333 g/mol. The molecule has 0 aliphatic rings. The summed E-state index contributed by atoms with van der Waals surface area (Å²) >= 11 is 0. The van der Waals surface area contributed by atoms with Gasteiger partial charge in [-0.05, 0) is 23.3 Å². The fraction of sp³-hybridized carbons (Fsp3) is 0.294. The number of methoxy groups -OCH3 is 2. The molecule has 1 N–H and O–H groups in total. The van der Waals surface area contributed by atoms with E-state index in [9.17, 15) is 15.2 Å². The molecular weight excluding hydrogens is 314 g/mol. The number of rotatable bonds is 8. The van der Waals surface area contributed by atoms with Crippen molar-refractivity contribution in [2.45, 2.75) is 12.7 Å². The molecule has 0 bridgehead atoms. The zero-order chi connectivity index (χ0) is 17.5. The summed E-state index contributed by atoms with van der Waals surface area (Å²) in [6.45, 7) is -0.317. The summed E-state index contributed by atoms with van der Waals surface area (Å²) in [5.74, 6) is 1.05. The molecule has 0 heterocycles. The lowest BCUT2D eigenvalue weighted by Crippen LogP contribution is -2.12. The van der Waals surface area contributed by atoms with Crippen LogP contribution in [0.25, 0.3) is 0 Å². The van der Waals surface area contributed by atoms with Crippen LogP contribution in [-0.2, 0) is 6.61 Å². The van der Waals surface area contributed by atoms with E-state index in [4.69, 9.17) is 14.2 Å². The highest BCUT2D eigenvalue weighted by atomic mass is 16.6. The van der Waals surface area contributed by atoms with Gasteiger partial charge in [-0.15, -0.1) is 0 Å². The van der Waals surface area contributed by atoms with Gasteiger partial charge in [0, 0.05) is 4.92 Å². The van der Waals surface area contributed by atoms with Gasteiger partial charge < -0.3 is 19.3 Å². The number of nitro groups is 1. The van der Waals surface area contributed by atoms with Crippen molar-refractivity contribution in [3.63, 3.8) is 0 Å². The molecule has 1 atom stereocenters. The predicted octanol–water partition coefficient (Wildman–Crippen LogP) is 2.59. The van der Waals surface area contributed by atoms with E-state index in [0.29, 0.717) is 22.8 Å². The Morgan fingerprint density at radius 3 is 2.38 bits per heavy atom. The Balaban J connectivity index is 2.30. The first-order chi connectivity index (χ1) is 11.5. The maximum absolute atomic E-state index is 10.6. The van der Waals surface area contributed by atoms with Crippen molar-refractivity contribution in [3.8, 4) is 17.2 Å². The van der Waals surface area contributed by atoms with Gasteiger partial charge in [0.2, 0.25) is 12.3 Å². The number of hydrogen-bond donors (Lipinski definition) is 1. The molecule has 0 spiro atoms. The maximum atomic E-state index is 10.6. The number of aliphatic hydroxyl groups is 1. The third-order valence-corrected chi connectivity index (χ3v) is 3.41. The lowest BCUT2D eigenvalue weighted by molar-refractivity contribution is -0.491.